The van der Waals surface area contributed by atoms with E-state index in [1.54, 1.807) is 0 Å². The average Bonchev–Trinajstić information content (AvgIpc) is 3.09. The van der Waals surface area contributed by atoms with Crippen LogP contribution >= 0.6 is 15.9 Å². The molecular formula is C38H25BrN4. The molecule has 43 heavy (non-hydrogen) atoms. The summed E-state index contributed by atoms with van der Waals surface area (Å²) in [6.45, 7) is 0. The van der Waals surface area contributed by atoms with E-state index in [1.807, 2.05) is 97.1 Å². The fourth-order valence-electron chi connectivity index (χ4n) is 5.02. The largest absolute Gasteiger partial charge is 0.228 e. The van der Waals surface area contributed by atoms with Crippen LogP contribution in [0.15, 0.2) is 156 Å². The zero-order valence-corrected chi connectivity index (χ0v) is 24.7. The maximum atomic E-state index is 5.04. The summed E-state index contributed by atoms with van der Waals surface area (Å²) in [6, 6.07) is 51.1. The molecule has 5 aromatic carbocycles. The monoisotopic (exact) mass is 616 g/mol. The fourth-order valence-corrected chi connectivity index (χ4v) is 5.52. The van der Waals surface area contributed by atoms with E-state index >= 15 is 0 Å². The number of benzene rings is 5. The molecule has 0 saturated carbocycles. The molecule has 0 spiro atoms. The third-order valence-electron chi connectivity index (χ3n) is 7.14. The van der Waals surface area contributed by atoms with E-state index in [1.165, 1.54) is 0 Å². The summed E-state index contributed by atoms with van der Waals surface area (Å²) in [6.07, 6.45) is 0. The molecule has 0 N–H and O–H groups in total. The highest BCUT2D eigenvalue weighted by Gasteiger charge is 2.15. The summed E-state index contributed by atoms with van der Waals surface area (Å²) < 4.78 is 0.933. The SMILES string of the molecule is Brc1cc(-c2cc(-c3ccccc3)nc(-c3ccccc3)n2)cc(-c2cc(-c3ccccc3)nc(-c3ccccc3)n2)c1. The number of rotatable bonds is 6. The number of hydrogen-bond donors (Lipinski definition) is 0. The summed E-state index contributed by atoms with van der Waals surface area (Å²) in [5, 5.41) is 0. The van der Waals surface area contributed by atoms with Crippen LogP contribution in [0.3, 0.4) is 0 Å². The van der Waals surface area contributed by atoms with Crippen molar-refractivity contribution in [2.45, 2.75) is 0 Å². The summed E-state index contributed by atoms with van der Waals surface area (Å²) in [5.74, 6) is 1.36. The van der Waals surface area contributed by atoms with Gasteiger partial charge < -0.3 is 0 Å². The van der Waals surface area contributed by atoms with Crippen LogP contribution < -0.4 is 0 Å². The van der Waals surface area contributed by atoms with Crippen LogP contribution in [-0.2, 0) is 0 Å². The minimum Gasteiger partial charge on any atom is -0.228 e. The lowest BCUT2D eigenvalue weighted by Crippen LogP contribution is -1.97. The quantitative estimate of drug-likeness (QED) is 0.186. The van der Waals surface area contributed by atoms with Gasteiger partial charge in [0.2, 0.25) is 0 Å². The number of halogens is 1. The Labute approximate surface area is 259 Å². The normalized spacial score (nSPS) is 10.9. The molecule has 0 amide bonds. The first kappa shape index (κ1) is 26.6. The van der Waals surface area contributed by atoms with Gasteiger partial charge in [0.05, 0.1) is 22.8 Å². The van der Waals surface area contributed by atoms with Crippen molar-refractivity contribution in [2.24, 2.45) is 0 Å². The minimum atomic E-state index is 0.679. The second kappa shape index (κ2) is 11.9. The van der Waals surface area contributed by atoms with Gasteiger partial charge in [0, 0.05) is 37.9 Å². The Morgan fingerprint density at radius 2 is 0.605 bits per heavy atom. The highest BCUT2D eigenvalue weighted by Crippen LogP contribution is 2.34. The Kier molecular flexibility index (Phi) is 7.38. The maximum Gasteiger partial charge on any atom is 0.160 e. The fraction of sp³-hybridized carbons (Fsp3) is 0. The zero-order chi connectivity index (χ0) is 29.0. The van der Waals surface area contributed by atoms with Gasteiger partial charge in [-0.1, -0.05) is 137 Å². The summed E-state index contributed by atoms with van der Waals surface area (Å²) in [7, 11) is 0. The second-order valence-electron chi connectivity index (χ2n) is 10.1. The zero-order valence-electron chi connectivity index (χ0n) is 23.1. The molecule has 4 nitrogen and oxygen atoms in total. The first-order chi connectivity index (χ1) is 21.2. The summed E-state index contributed by atoms with van der Waals surface area (Å²) in [4.78, 5) is 20.0. The Hall–Kier alpha value is -5.26. The third-order valence-corrected chi connectivity index (χ3v) is 7.60. The highest BCUT2D eigenvalue weighted by molar-refractivity contribution is 9.10. The molecule has 7 aromatic rings. The molecule has 0 bridgehead atoms. The molecule has 7 rings (SSSR count). The maximum absolute atomic E-state index is 5.04. The van der Waals surface area contributed by atoms with Gasteiger partial charge in [-0.15, -0.1) is 0 Å². The molecule has 0 atom stereocenters. The van der Waals surface area contributed by atoms with Crippen LogP contribution in [0.2, 0.25) is 0 Å². The Morgan fingerprint density at radius 3 is 0.953 bits per heavy atom. The standard InChI is InChI=1S/C38H25BrN4/c39-32-22-30(35-24-33(26-13-5-1-6-14-26)40-37(42-35)28-17-9-3-10-18-28)21-31(23-32)36-25-34(27-15-7-2-8-16-27)41-38(43-36)29-19-11-4-12-20-29/h1-25H. The van der Waals surface area contributed by atoms with Crippen LogP contribution in [0.1, 0.15) is 0 Å². The smallest absolute Gasteiger partial charge is 0.160 e. The molecule has 204 valence electrons. The predicted octanol–water partition coefficient (Wildman–Crippen LogP) is 10.0. The number of hydrogen-bond acceptors (Lipinski definition) is 4. The van der Waals surface area contributed by atoms with Gasteiger partial charge in [-0.3, -0.25) is 0 Å². The lowest BCUT2D eigenvalue weighted by molar-refractivity contribution is 1.18. The van der Waals surface area contributed by atoms with E-state index in [-0.39, 0.29) is 0 Å². The molecule has 0 radical (unpaired) electrons. The van der Waals surface area contributed by atoms with Crippen LogP contribution in [0.4, 0.5) is 0 Å². The van der Waals surface area contributed by atoms with Crippen molar-refractivity contribution in [2.75, 3.05) is 0 Å². The van der Waals surface area contributed by atoms with Crippen molar-refractivity contribution in [1.29, 1.82) is 0 Å². The van der Waals surface area contributed by atoms with Gasteiger partial charge in [-0.2, -0.15) is 0 Å². The molecular weight excluding hydrogens is 592 g/mol. The van der Waals surface area contributed by atoms with Crippen LogP contribution in [0, 0.1) is 0 Å². The molecule has 0 saturated heterocycles. The van der Waals surface area contributed by atoms with E-state index in [4.69, 9.17) is 19.9 Å². The van der Waals surface area contributed by atoms with E-state index in [0.29, 0.717) is 11.6 Å². The molecule has 2 aromatic heterocycles. The Balaban J connectivity index is 1.40. The van der Waals surface area contributed by atoms with Gasteiger partial charge in [-0.25, -0.2) is 19.9 Å². The van der Waals surface area contributed by atoms with Gasteiger partial charge in [-0.05, 0) is 30.3 Å². The van der Waals surface area contributed by atoms with E-state index in [2.05, 4.69) is 70.5 Å². The van der Waals surface area contributed by atoms with E-state index in [9.17, 15) is 0 Å². The topological polar surface area (TPSA) is 51.6 Å². The van der Waals surface area contributed by atoms with Gasteiger partial charge in [0.25, 0.3) is 0 Å². The third kappa shape index (κ3) is 5.89. The van der Waals surface area contributed by atoms with Crippen LogP contribution in [-0.4, -0.2) is 19.9 Å². The van der Waals surface area contributed by atoms with E-state index < -0.39 is 0 Å². The minimum absolute atomic E-state index is 0.679. The molecule has 2 heterocycles. The van der Waals surface area contributed by atoms with Crippen molar-refractivity contribution in [3.05, 3.63) is 156 Å². The molecule has 0 aliphatic heterocycles. The van der Waals surface area contributed by atoms with Crippen LogP contribution in [0.5, 0.6) is 0 Å². The summed E-state index contributed by atoms with van der Waals surface area (Å²) in [5.41, 5.74) is 9.32. The van der Waals surface area contributed by atoms with Crippen molar-refractivity contribution in [3.63, 3.8) is 0 Å². The summed E-state index contributed by atoms with van der Waals surface area (Å²) >= 11 is 3.77. The predicted molar refractivity (Wildman–Crippen MR) is 178 cm³/mol. The van der Waals surface area contributed by atoms with Gasteiger partial charge >= 0.3 is 0 Å². The molecule has 0 fully saturated rings. The van der Waals surface area contributed by atoms with Gasteiger partial charge in [0.1, 0.15) is 0 Å². The molecule has 0 aliphatic rings. The molecule has 0 aliphatic carbocycles. The lowest BCUT2D eigenvalue weighted by atomic mass is 10.0. The van der Waals surface area contributed by atoms with Gasteiger partial charge in [0.15, 0.2) is 11.6 Å². The molecule has 5 heteroatoms. The highest BCUT2D eigenvalue weighted by atomic mass is 79.9. The lowest BCUT2D eigenvalue weighted by Gasteiger charge is -2.12. The Bertz CT molecular complexity index is 1750. The van der Waals surface area contributed by atoms with E-state index in [0.717, 1.165) is 60.6 Å². The van der Waals surface area contributed by atoms with Crippen molar-refractivity contribution < 1.29 is 0 Å². The first-order valence-electron chi connectivity index (χ1n) is 14.0. The second-order valence-corrected chi connectivity index (χ2v) is 11.0. The van der Waals surface area contributed by atoms with Crippen molar-refractivity contribution in [1.82, 2.24) is 19.9 Å². The van der Waals surface area contributed by atoms with Crippen LogP contribution in [0.25, 0.3) is 67.8 Å². The number of aromatic nitrogens is 4. The number of nitrogens with zero attached hydrogens (tertiary/aromatic N) is 4. The van der Waals surface area contributed by atoms with Crippen molar-refractivity contribution >= 4 is 15.9 Å². The molecule has 0 unspecified atom stereocenters. The Morgan fingerprint density at radius 1 is 0.302 bits per heavy atom. The first-order valence-corrected chi connectivity index (χ1v) is 14.8. The average molecular weight is 618 g/mol. The van der Waals surface area contributed by atoms with Crippen molar-refractivity contribution in [3.8, 4) is 67.8 Å².